The number of rotatable bonds is 3. The first kappa shape index (κ1) is 13.9. The van der Waals surface area contributed by atoms with E-state index in [4.69, 9.17) is 12.2 Å². The van der Waals surface area contributed by atoms with E-state index in [9.17, 15) is 4.79 Å². The summed E-state index contributed by atoms with van der Waals surface area (Å²) in [5, 5.41) is 8.78. The molecule has 0 radical (unpaired) electrons. The molecule has 1 rings (SSSR count). The second-order valence-corrected chi connectivity index (χ2v) is 4.76. The molecule has 3 N–H and O–H groups in total. The lowest BCUT2D eigenvalue weighted by atomic mass is 10.2. The van der Waals surface area contributed by atoms with Crippen LogP contribution in [-0.2, 0) is 4.79 Å². The van der Waals surface area contributed by atoms with Crippen LogP contribution >= 0.6 is 28.1 Å². The van der Waals surface area contributed by atoms with Crippen molar-refractivity contribution in [2.24, 2.45) is 0 Å². The Morgan fingerprint density at radius 2 is 2.18 bits per heavy atom. The second-order valence-electron chi connectivity index (χ2n) is 3.44. The molecular weight excluding hydrogens is 302 g/mol. The Bertz CT molecular complexity index is 437. The van der Waals surface area contributed by atoms with Gasteiger partial charge in [0.15, 0.2) is 5.11 Å². The lowest BCUT2D eigenvalue weighted by Gasteiger charge is -2.10. The minimum absolute atomic E-state index is 0.131. The minimum atomic E-state index is -0.131. The van der Waals surface area contributed by atoms with E-state index < -0.39 is 0 Å². The van der Waals surface area contributed by atoms with Crippen LogP contribution in [0.5, 0.6) is 0 Å². The van der Waals surface area contributed by atoms with Crippen LogP contribution in [-0.4, -0.2) is 24.6 Å². The van der Waals surface area contributed by atoms with E-state index in [0.717, 1.165) is 15.7 Å². The van der Waals surface area contributed by atoms with Gasteiger partial charge in [0.2, 0.25) is 5.91 Å². The summed E-state index contributed by atoms with van der Waals surface area (Å²) in [6.07, 6.45) is 0. The van der Waals surface area contributed by atoms with Crippen molar-refractivity contribution < 1.29 is 4.79 Å². The summed E-state index contributed by atoms with van der Waals surface area (Å²) >= 11 is 8.24. The lowest BCUT2D eigenvalue weighted by Crippen LogP contribution is -2.38. The van der Waals surface area contributed by atoms with E-state index in [1.54, 1.807) is 7.05 Å². The van der Waals surface area contributed by atoms with Gasteiger partial charge in [0.1, 0.15) is 0 Å². The van der Waals surface area contributed by atoms with Crippen LogP contribution in [0, 0.1) is 6.92 Å². The minimum Gasteiger partial charge on any atom is -0.366 e. The van der Waals surface area contributed by atoms with E-state index in [1.807, 2.05) is 25.1 Å². The fraction of sp³-hybridized carbons (Fsp3) is 0.273. The van der Waals surface area contributed by atoms with E-state index in [2.05, 4.69) is 31.9 Å². The predicted molar refractivity (Wildman–Crippen MR) is 77.2 cm³/mol. The monoisotopic (exact) mass is 315 g/mol. The Kier molecular flexibility index (Phi) is 5.37. The van der Waals surface area contributed by atoms with Crippen molar-refractivity contribution in [3.8, 4) is 0 Å². The zero-order chi connectivity index (χ0) is 12.8. The van der Waals surface area contributed by atoms with Gasteiger partial charge < -0.3 is 16.0 Å². The third kappa shape index (κ3) is 4.70. The van der Waals surface area contributed by atoms with Gasteiger partial charge >= 0.3 is 0 Å². The Morgan fingerprint density at radius 1 is 1.47 bits per heavy atom. The number of hydrogen-bond acceptors (Lipinski definition) is 2. The van der Waals surface area contributed by atoms with Crippen LogP contribution in [0.2, 0.25) is 0 Å². The van der Waals surface area contributed by atoms with Gasteiger partial charge in [-0.2, -0.15) is 0 Å². The molecule has 6 heteroatoms. The van der Waals surface area contributed by atoms with Crippen molar-refractivity contribution in [1.29, 1.82) is 0 Å². The smallest absolute Gasteiger partial charge is 0.243 e. The van der Waals surface area contributed by atoms with Crippen molar-refractivity contribution in [2.75, 3.05) is 18.9 Å². The molecule has 4 nitrogen and oxygen atoms in total. The van der Waals surface area contributed by atoms with Gasteiger partial charge in [-0.15, -0.1) is 0 Å². The standard InChI is InChI=1S/C11H14BrN3OS/c1-7-5-8(12)3-4-9(7)15-10(16)6-14-11(17)13-2/h3-5H,6H2,1-2H3,(H,15,16)(H2,13,14,17). The number of thiocarbonyl (C=S) groups is 1. The molecule has 92 valence electrons. The molecule has 0 aliphatic carbocycles. The number of hydrogen-bond donors (Lipinski definition) is 3. The van der Waals surface area contributed by atoms with E-state index in [-0.39, 0.29) is 12.5 Å². The highest BCUT2D eigenvalue weighted by Gasteiger charge is 2.05. The zero-order valence-electron chi connectivity index (χ0n) is 9.63. The number of amides is 1. The summed E-state index contributed by atoms with van der Waals surface area (Å²) in [7, 11) is 1.70. The van der Waals surface area contributed by atoms with Gasteiger partial charge in [0.05, 0.1) is 6.54 Å². The van der Waals surface area contributed by atoms with Crippen LogP contribution < -0.4 is 16.0 Å². The Balaban J connectivity index is 2.53. The second kappa shape index (κ2) is 6.56. The highest BCUT2D eigenvalue weighted by molar-refractivity contribution is 9.10. The first-order valence-corrected chi connectivity index (χ1v) is 6.24. The molecule has 0 aromatic heterocycles. The molecule has 0 saturated heterocycles. The molecule has 0 fully saturated rings. The summed E-state index contributed by atoms with van der Waals surface area (Å²) in [6.45, 7) is 2.08. The van der Waals surface area contributed by atoms with Crippen molar-refractivity contribution in [1.82, 2.24) is 10.6 Å². The fourth-order valence-electron chi connectivity index (χ4n) is 1.21. The molecule has 0 aliphatic rings. The maximum atomic E-state index is 11.6. The van der Waals surface area contributed by atoms with E-state index >= 15 is 0 Å². The summed E-state index contributed by atoms with van der Waals surface area (Å²) < 4.78 is 0.988. The average Bonchev–Trinajstić information content (AvgIpc) is 2.29. The lowest BCUT2D eigenvalue weighted by molar-refractivity contribution is -0.115. The Labute approximate surface area is 114 Å². The molecule has 0 spiro atoms. The van der Waals surface area contributed by atoms with Crippen molar-refractivity contribution >= 4 is 44.9 Å². The van der Waals surface area contributed by atoms with Gasteiger partial charge in [-0.25, -0.2) is 0 Å². The van der Waals surface area contributed by atoms with Gasteiger partial charge in [-0.1, -0.05) is 15.9 Å². The van der Waals surface area contributed by atoms with Gasteiger partial charge in [-0.05, 0) is 42.9 Å². The number of aryl methyl sites for hydroxylation is 1. The molecule has 0 saturated carbocycles. The molecule has 1 aromatic rings. The maximum Gasteiger partial charge on any atom is 0.243 e. The molecular formula is C11H14BrN3OS. The topological polar surface area (TPSA) is 53.2 Å². The maximum absolute atomic E-state index is 11.6. The average molecular weight is 316 g/mol. The van der Waals surface area contributed by atoms with Crippen molar-refractivity contribution in [3.05, 3.63) is 28.2 Å². The summed E-state index contributed by atoms with van der Waals surface area (Å²) in [5.41, 5.74) is 1.80. The first-order chi connectivity index (χ1) is 8.02. The Morgan fingerprint density at radius 3 is 2.76 bits per heavy atom. The van der Waals surface area contributed by atoms with E-state index in [1.165, 1.54) is 0 Å². The third-order valence-corrected chi connectivity index (χ3v) is 2.94. The molecule has 1 amide bonds. The van der Waals surface area contributed by atoms with Crippen molar-refractivity contribution in [3.63, 3.8) is 0 Å². The number of nitrogens with one attached hydrogen (secondary N) is 3. The largest absolute Gasteiger partial charge is 0.366 e. The molecule has 0 bridgehead atoms. The van der Waals surface area contributed by atoms with Crippen LogP contribution in [0.1, 0.15) is 5.56 Å². The van der Waals surface area contributed by atoms with Gasteiger partial charge in [-0.3, -0.25) is 4.79 Å². The highest BCUT2D eigenvalue weighted by Crippen LogP contribution is 2.19. The molecule has 0 heterocycles. The third-order valence-electron chi connectivity index (χ3n) is 2.10. The van der Waals surface area contributed by atoms with Crippen LogP contribution in [0.15, 0.2) is 22.7 Å². The Hall–Kier alpha value is -1.14. The molecule has 0 unspecified atom stereocenters. The molecule has 17 heavy (non-hydrogen) atoms. The number of benzene rings is 1. The van der Waals surface area contributed by atoms with Gasteiger partial charge in [0, 0.05) is 17.2 Å². The number of carbonyl (C=O) groups is 1. The first-order valence-electron chi connectivity index (χ1n) is 5.04. The van der Waals surface area contributed by atoms with Crippen molar-refractivity contribution in [2.45, 2.75) is 6.92 Å². The number of halogens is 1. The normalized spacial score (nSPS) is 9.59. The van der Waals surface area contributed by atoms with Gasteiger partial charge in [0.25, 0.3) is 0 Å². The summed E-state index contributed by atoms with van der Waals surface area (Å²) in [5.74, 6) is -0.131. The van der Waals surface area contributed by atoms with E-state index in [0.29, 0.717) is 5.11 Å². The number of carbonyl (C=O) groups excluding carboxylic acids is 1. The zero-order valence-corrected chi connectivity index (χ0v) is 12.0. The van der Waals surface area contributed by atoms with Crippen LogP contribution in [0.3, 0.4) is 0 Å². The molecule has 1 aromatic carbocycles. The summed E-state index contributed by atoms with van der Waals surface area (Å²) in [6, 6.07) is 5.68. The fourth-order valence-corrected chi connectivity index (χ4v) is 1.76. The molecule has 0 aliphatic heterocycles. The summed E-state index contributed by atoms with van der Waals surface area (Å²) in [4.78, 5) is 11.6. The predicted octanol–water partition coefficient (Wildman–Crippen LogP) is 1.79. The highest BCUT2D eigenvalue weighted by atomic mass is 79.9. The number of anilines is 1. The molecule has 0 atom stereocenters. The van der Waals surface area contributed by atoms with Crippen LogP contribution in [0.4, 0.5) is 5.69 Å². The van der Waals surface area contributed by atoms with Crippen LogP contribution in [0.25, 0.3) is 0 Å². The quantitative estimate of drug-likeness (QED) is 0.744. The SMILES string of the molecule is CNC(=S)NCC(=O)Nc1ccc(Br)cc1C.